The van der Waals surface area contributed by atoms with Gasteiger partial charge < -0.3 is 16.0 Å². The number of nitrogens with one attached hydrogen (secondary N) is 1. The molecule has 1 heterocycles. The fraction of sp³-hybridized carbons (Fsp3) is 0.393. The Hall–Kier alpha value is -3.41. The minimum absolute atomic E-state index is 0.00364. The number of hydrogen-bond donors (Lipinski definition) is 2. The third kappa shape index (κ3) is 5.38. The second kappa shape index (κ2) is 10.7. The minimum Gasteiger partial charge on any atom is -0.387 e. The van der Waals surface area contributed by atoms with E-state index in [4.69, 9.17) is 5.73 Å². The molecule has 34 heavy (non-hydrogen) atoms. The fourth-order valence-electron chi connectivity index (χ4n) is 4.74. The highest BCUT2D eigenvalue weighted by atomic mass is 16.2. The maximum absolute atomic E-state index is 13.1. The van der Waals surface area contributed by atoms with Crippen molar-refractivity contribution in [3.63, 3.8) is 0 Å². The van der Waals surface area contributed by atoms with E-state index in [-0.39, 0.29) is 11.8 Å². The Morgan fingerprint density at radius 1 is 1.00 bits per heavy atom. The van der Waals surface area contributed by atoms with E-state index in [0.29, 0.717) is 29.1 Å². The van der Waals surface area contributed by atoms with Crippen LogP contribution in [0.2, 0.25) is 0 Å². The summed E-state index contributed by atoms with van der Waals surface area (Å²) in [4.78, 5) is 32.5. The molecule has 1 aliphatic heterocycles. The van der Waals surface area contributed by atoms with Gasteiger partial charge in [0.1, 0.15) is 5.84 Å². The first-order valence-electron chi connectivity index (χ1n) is 12.4. The number of nitrogens with two attached hydrogens (primary N) is 1. The van der Waals surface area contributed by atoms with Crippen LogP contribution in [0, 0.1) is 0 Å². The molecule has 0 atom stereocenters. The number of aryl methyl sites for hydroxylation is 2. The average molecular weight is 459 g/mol. The SMILES string of the molecule is CCCN(CCC)C(=O)C1=Cc2ccc(C(=O)Nc3ccc4c(c3)CCCC4)cc2N=C(N)C1. The molecule has 0 aromatic heterocycles. The normalized spacial score (nSPS) is 14.8. The first-order chi connectivity index (χ1) is 16.5. The first kappa shape index (κ1) is 23.7. The molecular formula is C28H34N4O2. The van der Waals surface area contributed by atoms with Crippen LogP contribution in [0.25, 0.3) is 6.08 Å². The molecule has 6 heteroatoms. The van der Waals surface area contributed by atoms with Gasteiger partial charge in [-0.05, 0) is 80.0 Å². The number of fused-ring (bicyclic) bond motifs is 2. The summed E-state index contributed by atoms with van der Waals surface area (Å²) >= 11 is 0. The monoisotopic (exact) mass is 458 g/mol. The fourth-order valence-corrected chi connectivity index (χ4v) is 4.74. The third-order valence-electron chi connectivity index (χ3n) is 6.41. The zero-order valence-corrected chi connectivity index (χ0v) is 20.2. The molecule has 1 aliphatic carbocycles. The van der Waals surface area contributed by atoms with Crippen molar-refractivity contribution in [2.24, 2.45) is 10.7 Å². The predicted molar refractivity (Wildman–Crippen MR) is 139 cm³/mol. The van der Waals surface area contributed by atoms with Crippen molar-refractivity contribution < 1.29 is 9.59 Å². The van der Waals surface area contributed by atoms with E-state index >= 15 is 0 Å². The summed E-state index contributed by atoms with van der Waals surface area (Å²) in [6.45, 7) is 5.57. The molecule has 0 spiro atoms. The molecule has 2 aliphatic rings. The lowest BCUT2D eigenvalue weighted by Gasteiger charge is -2.22. The van der Waals surface area contributed by atoms with Gasteiger partial charge in [-0.2, -0.15) is 0 Å². The topological polar surface area (TPSA) is 87.8 Å². The zero-order valence-electron chi connectivity index (χ0n) is 20.2. The summed E-state index contributed by atoms with van der Waals surface area (Å²) in [5.74, 6) is 0.191. The Kier molecular flexibility index (Phi) is 7.46. The molecule has 0 saturated carbocycles. The largest absolute Gasteiger partial charge is 0.387 e. The van der Waals surface area contributed by atoms with E-state index in [1.165, 1.54) is 24.0 Å². The van der Waals surface area contributed by atoms with Gasteiger partial charge in [-0.1, -0.05) is 26.0 Å². The van der Waals surface area contributed by atoms with Gasteiger partial charge in [0.2, 0.25) is 5.91 Å². The smallest absolute Gasteiger partial charge is 0.255 e. The average Bonchev–Trinajstić information content (AvgIpc) is 3.00. The number of nitrogens with zero attached hydrogens (tertiary/aromatic N) is 2. The summed E-state index contributed by atoms with van der Waals surface area (Å²) < 4.78 is 0. The standard InChI is InChI=1S/C28H34N4O2/c1-3-13-32(14-4-2)28(34)23-15-21-9-10-22(17-25(21)31-26(29)18-23)27(33)30-24-12-11-19-7-5-6-8-20(19)16-24/h9-12,15-17H,3-8,13-14,18H2,1-2H3,(H2,29,31)(H,30,33). The van der Waals surface area contributed by atoms with Crippen molar-refractivity contribution in [2.45, 2.75) is 58.8 Å². The Morgan fingerprint density at radius 2 is 1.74 bits per heavy atom. The number of carbonyl (C=O) groups excluding carboxylic acids is 2. The van der Waals surface area contributed by atoms with Crippen LogP contribution in [0.15, 0.2) is 47.0 Å². The summed E-state index contributed by atoms with van der Waals surface area (Å²) in [5, 5.41) is 3.02. The number of amidine groups is 1. The lowest BCUT2D eigenvalue weighted by Crippen LogP contribution is -2.34. The molecule has 4 rings (SSSR count). The summed E-state index contributed by atoms with van der Waals surface area (Å²) in [6, 6.07) is 11.5. The number of rotatable bonds is 7. The minimum atomic E-state index is -0.186. The van der Waals surface area contributed by atoms with E-state index in [0.717, 1.165) is 50.0 Å². The molecule has 2 aromatic rings. The van der Waals surface area contributed by atoms with Crippen LogP contribution < -0.4 is 11.1 Å². The van der Waals surface area contributed by atoms with Crippen LogP contribution in [0.4, 0.5) is 11.4 Å². The molecule has 3 N–H and O–H groups in total. The first-order valence-corrected chi connectivity index (χ1v) is 12.4. The van der Waals surface area contributed by atoms with Crippen molar-refractivity contribution in [1.29, 1.82) is 0 Å². The van der Waals surface area contributed by atoms with Gasteiger partial charge in [0.25, 0.3) is 5.91 Å². The molecule has 0 fully saturated rings. The molecule has 0 saturated heterocycles. The van der Waals surface area contributed by atoms with Gasteiger partial charge in [-0.3, -0.25) is 9.59 Å². The maximum atomic E-state index is 13.1. The zero-order chi connectivity index (χ0) is 24.1. The second-order valence-corrected chi connectivity index (χ2v) is 9.16. The van der Waals surface area contributed by atoms with Crippen LogP contribution in [-0.4, -0.2) is 35.6 Å². The molecular weight excluding hydrogens is 424 g/mol. The third-order valence-corrected chi connectivity index (χ3v) is 6.41. The molecule has 6 nitrogen and oxygen atoms in total. The van der Waals surface area contributed by atoms with Gasteiger partial charge in [0.15, 0.2) is 0 Å². The molecule has 178 valence electrons. The Bertz CT molecular complexity index is 1140. The highest BCUT2D eigenvalue weighted by molar-refractivity contribution is 6.08. The van der Waals surface area contributed by atoms with Gasteiger partial charge in [-0.25, -0.2) is 4.99 Å². The highest BCUT2D eigenvalue weighted by Gasteiger charge is 2.21. The molecule has 0 unspecified atom stereocenters. The Balaban J connectivity index is 1.56. The van der Waals surface area contributed by atoms with Gasteiger partial charge >= 0.3 is 0 Å². The summed E-state index contributed by atoms with van der Waals surface area (Å²) in [7, 11) is 0. The number of hydrogen-bond acceptors (Lipinski definition) is 4. The van der Waals surface area contributed by atoms with E-state index in [1.54, 1.807) is 12.1 Å². The van der Waals surface area contributed by atoms with E-state index in [9.17, 15) is 9.59 Å². The lowest BCUT2D eigenvalue weighted by molar-refractivity contribution is -0.127. The summed E-state index contributed by atoms with van der Waals surface area (Å²) in [6.07, 6.45) is 8.58. The number of benzene rings is 2. The molecule has 2 aromatic carbocycles. The quantitative estimate of drug-likeness (QED) is 0.595. The van der Waals surface area contributed by atoms with Crippen molar-refractivity contribution in [3.05, 3.63) is 64.2 Å². The second-order valence-electron chi connectivity index (χ2n) is 9.16. The Labute approximate surface area is 201 Å². The van der Waals surface area contributed by atoms with Crippen LogP contribution >= 0.6 is 0 Å². The molecule has 0 radical (unpaired) electrons. The van der Waals surface area contributed by atoms with Crippen molar-refractivity contribution >= 4 is 35.1 Å². The van der Waals surface area contributed by atoms with Crippen molar-refractivity contribution in [2.75, 3.05) is 18.4 Å². The van der Waals surface area contributed by atoms with E-state index < -0.39 is 0 Å². The lowest BCUT2D eigenvalue weighted by atomic mass is 9.91. The number of amides is 2. The summed E-state index contributed by atoms with van der Waals surface area (Å²) in [5.41, 5.74) is 12.2. The highest BCUT2D eigenvalue weighted by Crippen LogP contribution is 2.29. The predicted octanol–water partition coefficient (Wildman–Crippen LogP) is 5.24. The molecule has 0 bridgehead atoms. The van der Waals surface area contributed by atoms with Crippen LogP contribution in [-0.2, 0) is 17.6 Å². The Morgan fingerprint density at radius 3 is 2.47 bits per heavy atom. The van der Waals surface area contributed by atoms with Crippen LogP contribution in [0.5, 0.6) is 0 Å². The maximum Gasteiger partial charge on any atom is 0.255 e. The number of aliphatic imine (C=N–C) groups is 1. The number of carbonyl (C=O) groups is 2. The van der Waals surface area contributed by atoms with E-state index in [2.05, 4.69) is 36.3 Å². The van der Waals surface area contributed by atoms with Gasteiger partial charge in [0, 0.05) is 41.9 Å². The van der Waals surface area contributed by atoms with E-state index in [1.807, 2.05) is 23.1 Å². The van der Waals surface area contributed by atoms with Crippen molar-refractivity contribution in [3.8, 4) is 0 Å². The number of anilines is 1. The van der Waals surface area contributed by atoms with Crippen molar-refractivity contribution in [1.82, 2.24) is 4.90 Å². The molecule has 2 amide bonds. The van der Waals surface area contributed by atoms with Crippen LogP contribution in [0.1, 0.15) is 73.0 Å². The van der Waals surface area contributed by atoms with Gasteiger partial charge in [0.05, 0.1) is 5.69 Å². The van der Waals surface area contributed by atoms with Crippen LogP contribution in [0.3, 0.4) is 0 Å². The van der Waals surface area contributed by atoms with Gasteiger partial charge in [-0.15, -0.1) is 0 Å².